The van der Waals surface area contributed by atoms with Crippen molar-refractivity contribution >= 4 is 29.1 Å². The largest absolute Gasteiger partial charge is 0.375 e. The van der Waals surface area contributed by atoms with Crippen molar-refractivity contribution in [3.05, 3.63) is 64.7 Å². The zero-order valence-electron chi connectivity index (χ0n) is 14.6. The van der Waals surface area contributed by atoms with Crippen molar-refractivity contribution < 1.29 is 14.3 Å². The molecule has 1 N–H and O–H groups in total. The van der Waals surface area contributed by atoms with E-state index >= 15 is 0 Å². The summed E-state index contributed by atoms with van der Waals surface area (Å²) >= 11 is 5.93. The molecule has 2 aromatic carbocycles. The van der Waals surface area contributed by atoms with Crippen LogP contribution in [-0.4, -0.2) is 42.5 Å². The van der Waals surface area contributed by atoms with Gasteiger partial charge in [0.05, 0.1) is 19.1 Å². The molecule has 1 atom stereocenters. The van der Waals surface area contributed by atoms with Gasteiger partial charge in [-0.05, 0) is 48.9 Å². The summed E-state index contributed by atoms with van der Waals surface area (Å²) in [4.78, 5) is 26.5. The van der Waals surface area contributed by atoms with Gasteiger partial charge in [0.2, 0.25) is 5.91 Å². The lowest BCUT2D eigenvalue weighted by molar-refractivity contribution is -0.115. The minimum Gasteiger partial charge on any atom is -0.375 e. The van der Waals surface area contributed by atoms with Crippen LogP contribution < -0.4 is 5.32 Å². The Bertz CT molecular complexity index is 792. The lowest BCUT2D eigenvalue weighted by Crippen LogP contribution is -2.44. The fraction of sp³-hybridized carbons (Fsp3) is 0.300. The van der Waals surface area contributed by atoms with Gasteiger partial charge in [-0.15, -0.1) is 0 Å². The second kappa shape index (κ2) is 8.34. The quantitative estimate of drug-likeness (QED) is 0.895. The first-order valence-corrected chi connectivity index (χ1v) is 8.94. The maximum absolute atomic E-state index is 12.5. The Hall–Kier alpha value is -2.37. The number of benzene rings is 2. The molecule has 5 nitrogen and oxygen atoms in total. The summed E-state index contributed by atoms with van der Waals surface area (Å²) in [5.41, 5.74) is 2.11. The molecule has 2 aromatic rings. The van der Waals surface area contributed by atoms with E-state index in [1.807, 2.05) is 19.1 Å². The summed E-state index contributed by atoms with van der Waals surface area (Å²) < 4.78 is 5.46. The van der Waals surface area contributed by atoms with Crippen LogP contribution in [0.4, 0.5) is 5.69 Å². The molecule has 0 aliphatic carbocycles. The number of morpholine rings is 1. The topological polar surface area (TPSA) is 58.6 Å². The van der Waals surface area contributed by atoms with Crippen molar-refractivity contribution in [2.75, 3.05) is 25.0 Å². The molecule has 0 saturated carbocycles. The molecule has 1 heterocycles. The first-order valence-electron chi connectivity index (χ1n) is 8.56. The van der Waals surface area contributed by atoms with Crippen LogP contribution in [0.5, 0.6) is 0 Å². The van der Waals surface area contributed by atoms with E-state index in [0.29, 0.717) is 36.0 Å². The zero-order valence-corrected chi connectivity index (χ0v) is 15.3. The number of carbonyl (C=O) groups is 2. The highest BCUT2D eigenvalue weighted by molar-refractivity contribution is 6.30. The van der Waals surface area contributed by atoms with E-state index in [2.05, 4.69) is 5.32 Å². The van der Waals surface area contributed by atoms with E-state index in [0.717, 1.165) is 5.56 Å². The second-order valence-electron chi connectivity index (χ2n) is 6.36. The molecular formula is C20H21ClN2O3. The Morgan fingerprint density at radius 3 is 2.69 bits per heavy atom. The van der Waals surface area contributed by atoms with E-state index in [1.54, 1.807) is 41.3 Å². The maximum atomic E-state index is 12.5. The summed E-state index contributed by atoms with van der Waals surface area (Å²) in [5.74, 6) is -0.148. The van der Waals surface area contributed by atoms with Crippen molar-refractivity contribution in [1.29, 1.82) is 0 Å². The van der Waals surface area contributed by atoms with E-state index in [1.165, 1.54) is 0 Å². The molecule has 0 bridgehead atoms. The van der Waals surface area contributed by atoms with E-state index < -0.39 is 0 Å². The van der Waals surface area contributed by atoms with Crippen LogP contribution >= 0.6 is 11.6 Å². The van der Waals surface area contributed by atoms with Gasteiger partial charge in [-0.3, -0.25) is 9.59 Å². The minimum atomic E-state index is -0.131. The fourth-order valence-corrected chi connectivity index (χ4v) is 3.13. The van der Waals surface area contributed by atoms with Gasteiger partial charge >= 0.3 is 0 Å². The number of anilines is 1. The second-order valence-corrected chi connectivity index (χ2v) is 6.80. The number of nitrogens with zero attached hydrogens (tertiary/aromatic N) is 1. The number of hydrogen-bond donors (Lipinski definition) is 1. The molecule has 0 radical (unpaired) electrons. The van der Waals surface area contributed by atoms with Crippen LogP contribution in [0.1, 0.15) is 22.8 Å². The molecule has 1 fully saturated rings. The summed E-state index contributed by atoms with van der Waals surface area (Å²) in [6.07, 6.45) is 0.296. The first-order chi connectivity index (χ1) is 12.5. The van der Waals surface area contributed by atoms with Gasteiger partial charge in [0, 0.05) is 29.4 Å². The molecule has 3 rings (SSSR count). The molecule has 2 amide bonds. The van der Waals surface area contributed by atoms with Crippen molar-refractivity contribution in [1.82, 2.24) is 4.90 Å². The zero-order chi connectivity index (χ0) is 18.5. The predicted molar refractivity (Wildman–Crippen MR) is 102 cm³/mol. The number of nitrogens with one attached hydrogen (secondary N) is 1. The lowest BCUT2D eigenvalue weighted by atomic mass is 10.1. The highest BCUT2D eigenvalue weighted by Crippen LogP contribution is 2.15. The SMILES string of the molecule is CC1CN(C(=O)c2ccc(NC(=O)Cc3cccc(Cl)c3)cc2)CCO1. The molecule has 136 valence electrons. The number of hydrogen-bond acceptors (Lipinski definition) is 3. The Kier molecular flexibility index (Phi) is 5.91. The Morgan fingerprint density at radius 1 is 1.23 bits per heavy atom. The number of amides is 2. The average Bonchev–Trinajstić information content (AvgIpc) is 2.61. The standard InChI is InChI=1S/C20H21ClN2O3/c1-14-13-23(9-10-26-14)20(25)16-5-7-18(8-6-16)22-19(24)12-15-3-2-4-17(21)11-15/h2-8,11,14H,9-10,12-13H2,1H3,(H,22,24). The normalized spacial score (nSPS) is 17.0. The van der Waals surface area contributed by atoms with Gasteiger partial charge in [-0.1, -0.05) is 23.7 Å². The molecule has 0 spiro atoms. The van der Waals surface area contributed by atoms with Crippen molar-refractivity contribution in [2.24, 2.45) is 0 Å². The third-order valence-corrected chi connectivity index (χ3v) is 4.43. The summed E-state index contributed by atoms with van der Waals surface area (Å²) in [6.45, 7) is 3.71. The Morgan fingerprint density at radius 2 is 2.00 bits per heavy atom. The van der Waals surface area contributed by atoms with Gasteiger partial charge in [-0.25, -0.2) is 0 Å². The highest BCUT2D eigenvalue weighted by Gasteiger charge is 2.22. The highest BCUT2D eigenvalue weighted by atomic mass is 35.5. The predicted octanol–water partition coefficient (Wildman–Crippen LogP) is 3.38. The van der Waals surface area contributed by atoms with Crippen LogP contribution in [0.25, 0.3) is 0 Å². The third kappa shape index (κ3) is 4.84. The minimum absolute atomic E-state index is 0.0167. The van der Waals surface area contributed by atoms with E-state index in [-0.39, 0.29) is 24.3 Å². The smallest absolute Gasteiger partial charge is 0.254 e. The van der Waals surface area contributed by atoms with Crippen LogP contribution in [0.15, 0.2) is 48.5 Å². The van der Waals surface area contributed by atoms with Crippen LogP contribution in [0.2, 0.25) is 5.02 Å². The monoisotopic (exact) mass is 372 g/mol. The van der Waals surface area contributed by atoms with E-state index in [4.69, 9.17) is 16.3 Å². The maximum Gasteiger partial charge on any atom is 0.254 e. The fourth-order valence-electron chi connectivity index (χ4n) is 2.92. The number of carbonyl (C=O) groups excluding carboxylic acids is 2. The van der Waals surface area contributed by atoms with Crippen LogP contribution in [0.3, 0.4) is 0 Å². The van der Waals surface area contributed by atoms with Gasteiger partial charge < -0.3 is 15.0 Å². The van der Waals surface area contributed by atoms with Gasteiger partial charge in [-0.2, -0.15) is 0 Å². The van der Waals surface area contributed by atoms with Crippen molar-refractivity contribution in [3.63, 3.8) is 0 Å². The molecule has 1 aliphatic heterocycles. The first kappa shape index (κ1) is 18.4. The molecule has 1 aliphatic rings. The van der Waals surface area contributed by atoms with Gasteiger partial charge in [0.25, 0.3) is 5.91 Å². The lowest BCUT2D eigenvalue weighted by Gasteiger charge is -2.31. The van der Waals surface area contributed by atoms with Crippen LogP contribution in [-0.2, 0) is 16.0 Å². The van der Waals surface area contributed by atoms with Crippen molar-refractivity contribution in [3.8, 4) is 0 Å². The number of ether oxygens (including phenoxy) is 1. The van der Waals surface area contributed by atoms with E-state index in [9.17, 15) is 9.59 Å². The molecule has 0 aromatic heterocycles. The Balaban J connectivity index is 1.58. The summed E-state index contributed by atoms with van der Waals surface area (Å²) in [6, 6.07) is 14.2. The van der Waals surface area contributed by atoms with Crippen molar-refractivity contribution in [2.45, 2.75) is 19.4 Å². The number of rotatable bonds is 4. The molecule has 6 heteroatoms. The third-order valence-electron chi connectivity index (χ3n) is 4.20. The molecule has 26 heavy (non-hydrogen) atoms. The molecule has 1 unspecified atom stereocenters. The van der Waals surface area contributed by atoms with Crippen LogP contribution in [0, 0.1) is 0 Å². The summed E-state index contributed by atoms with van der Waals surface area (Å²) in [5, 5.41) is 3.44. The van der Waals surface area contributed by atoms with Gasteiger partial charge in [0.15, 0.2) is 0 Å². The molecular weight excluding hydrogens is 352 g/mol. The summed E-state index contributed by atoms with van der Waals surface area (Å²) in [7, 11) is 0. The number of halogens is 1. The van der Waals surface area contributed by atoms with Gasteiger partial charge in [0.1, 0.15) is 0 Å². The Labute approximate surface area is 157 Å². The molecule has 1 saturated heterocycles. The average molecular weight is 373 g/mol.